The van der Waals surface area contributed by atoms with E-state index in [0.29, 0.717) is 27.7 Å². The number of hydrogen-bond donors (Lipinski definition) is 1. The Kier molecular flexibility index (Phi) is 4.52. The monoisotopic (exact) mass is 449 g/mol. The van der Waals surface area contributed by atoms with Crippen LogP contribution < -0.4 is 5.32 Å². The summed E-state index contributed by atoms with van der Waals surface area (Å²) < 4.78 is 43.9. The smallest absolute Gasteiger partial charge is 0.285 e. The Hall–Kier alpha value is -4.05. The van der Waals surface area contributed by atoms with Crippen molar-refractivity contribution < 1.29 is 17.6 Å². The second-order valence-corrected chi connectivity index (χ2v) is 8.83. The molecule has 0 aliphatic carbocycles. The van der Waals surface area contributed by atoms with Gasteiger partial charge in [0.05, 0.1) is 17.3 Å². The predicted molar refractivity (Wildman–Crippen MR) is 116 cm³/mol. The average Bonchev–Trinajstić information content (AvgIpc) is 3.43. The van der Waals surface area contributed by atoms with Crippen LogP contribution in [0.3, 0.4) is 0 Å². The number of rotatable bonds is 4. The number of carbonyl (C=O) groups is 1. The molecular formula is C22H16FN5O3S. The molecule has 5 aromatic rings. The fraction of sp³-hybridized carbons (Fsp3) is 0.0455. The van der Waals surface area contributed by atoms with Gasteiger partial charge in [0, 0.05) is 37.2 Å². The van der Waals surface area contributed by atoms with E-state index in [-0.39, 0.29) is 10.6 Å². The number of hydrogen-bond acceptors (Lipinski definition) is 5. The summed E-state index contributed by atoms with van der Waals surface area (Å²) >= 11 is 0. The molecule has 160 valence electrons. The minimum absolute atomic E-state index is 0.0360. The molecule has 0 aliphatic rings. The topological polar surface area (TPSA) is 98.4 Å². The summed E-state index contributed by atoms with van der Waals surface area (Å²) in [4.78, 5) is 20.0. The minimum atomic E-state index is -3.97. The molecule has 0 spiro atoms. The Labute approximate surface area is 182 Å². The molecule has 1 aromatic carbocycles. The summed E-state index contributed by atoms with van der Waals surface area (Å²) in [5.74, 6) is -1.20. The van der Waals surface area contributed by atoms with E-state index in [2.05, 4.69) is 15.3 Å². The molecule has 0 unspecified atom stereocenters. The number of nitrogens with one attached hydrogen (secondary N) is 1. The maximum atomic E-state index is 14.4. The lowest BCUT2D eigenvalue weighted by atomic mass is 10.0. The maximum Gasteiger partial charge on any atom is 0.285 e. The summed E-state index contributed by atoms with van der Waals surface area (Å²) in [5, 5.41) is 3.04. The number of fused-ring (bicyclic) bond motifs is 2. The summed E-state index contributed by atoms with van der Waals surface area (Å²) in [5.41, 5.74) is 1.91. The molecule has 1 amide bonds. The molecule has 0 radical (unpaired) electrons. The third kappa shape index (κ3) is 3.04. The van der Waals surface area contributed by atoms with Crippen LogP contribution in [0.1, 0.15) is 10.4 Å². The largest absolute Gasteiger partial charge is 0.355 e. The second-order valence-electron chi connectivity index (χ2n) is 7.07. The first kappa shape index (κ1) is 19.9. The highest BCUT2D eigenvalue weighted by Crippen LogP contribution is 2.26. The molecule has 1 N–H and O–H groups in total. The third-order valence-corrected chi connectivity index (χ3v) is 6.89. The van der Waals surface area contributed by atoms with Gasteiger partial charge in [0.1, 0.15) is 11.5 Å². The van der Waals surface area contributed by atoms with Crippen molar-refractivity contribution in [3.05, 3.63) is 84.8 Å². The van der Waals surface area contributed by atoms with Crippen molar-refractivity contribution in [1.82, 2.24) is 23.7 Å². The zero-order chi connectivity index (χ0) is 22.5. The zero-order valence-corrected chi connectivity index (χ0v) is 17.5. The highest BCUT2D eigenvalue weighted by atomic mass is 32.2. The Bertz CT molecular complexity index is 1620. The Morgan fingerprint density at radius 3 is 2.66 bits per heavy atom. The molecule has 0 aliphatic heterocycles. The van der Waals surface area contributed by atoms with Gasteiger partial charge in [-0.05, 0) is 47.5 Å². The number of carbonyl (C=O) groups excluding carboxylic acids is 1. The Morgan fingerprint density at radius 1 is 1.06 bits per heavy atom. The van der Waals surface area contributed by atoms with Gasteiger partial charge in [0.2, 0.25) is 0 Å². The van der Waals surface area contributed by atoms with E-state index < -0.39 is 21.7 Å². The van der Waals surface area contributed by atoms with Crippen LogP contribution in [0.2, 0.25) is 0 Å². The predicted octanol–water partition coefficient (Wildman–Crippen LogP) is 3.09. The van der Waals surface area contributed by atoms with E-state index >= 15 is 0 Å². The highest BCUT2D eigenvalue weighted by Gasteiger charge is 2.23. The molecule has 8 nitrogen and oxygen atoms in total. The standard InChI is InChI=1S/C22H16FN5O3S/c1-24-22(29)17-4-2-14(10-18(17)23)16-3-5-20-26-12-21(27(20)13-16)32(30,31)28-9-7-15-11-25-8-6-19(15)28/h2-13H,1H3,(H,24,29). The van der Waals surface area contributed by atoms with Crippen molar-refractivity contribution in [2.45, 2.75) is 5.03 Å². The molecule has 0 bridgehead atoms. The number of nitrogens with zero attached hydrogens (tertiary/aromatic N) is 4. The van der Waals surface area contributed by atoms with E-state index in [4.69, 9.17) is 0 Å². The number of aromatic nitrogens is 4. The van der Waals surface area contributed by atoms with Crippen LogP contribution in [0, 0.1) is 5.82 Å². The van der Waals surface area contributed by atoms with E-state index in [1.165, 1.54) is 46.1 Å². The van der Waals surface area contributed by atoms with Gasteiger partial charge >= 0.3 is 0 Å². The summed E-state index contributed by atoms with van der Waals surface area (Å²) in [6.07, 6.45) is 7.45. The van der Waals surface area contributed by atoms with E-state index in [1.54, 1.807) is 42.7 Å². The second kappa shape index (κ2) is 7.27. The lowest BCUT2D eigenvalue weighted by Crippen LogP contribution is -2.19. The van der Waals surface area contributed by atoms with Crippen molar-refractivity contribution >= 4 is 32.5 Å². The van der Waals surface area contributed by atoms with Crippen LogP contribution in [0.25, 0.3) is 27.7 Å². The van der Waals surface area contributed by atoms with E-state index in [9.17, 15) is 17.6 Å². The quantitative estimate of drug-likeness (QED) is 0.455. The SMILES string of the molecule is CNC(=O)c1ccc(-c2ccc3ncc(S(=O)(=O)n4ccc5cnccc54)n3c2)cc1F. The number of halogens is 1. The first-order valence-corrected chi connectivity index (χ1v) is 11.0. The number of benzene rings is 1. The van der Waals surface area contributed by atoms with Crippen molar-refractivity contribution in [2.75, 3.05) is 7.05 Å². The molecule has 5 rings (SSSR count). The summed E-state index contributed by atoms with van der Waals surface area (Å²) in [6.45, 7) is 0. The molecular weight excluding hydrogens is 433 g/mol. The van der Waals surface area contributed by atoms with Crippen LogP contribution in [0.4, 0.5) is 4.39 Å². The minimum Gasteiger partial charge on any atom is -0.355 e. The molecule has 4 aromatic heterocycles. The van der Waals surface area contributed by atoms with Crippen LogP contribution in [-0.2, 0) is 10.0 Å². The molecule has 0 saturated heterocycles. The molecule has 32 heavy (non-hydrogen) atoms. The van der Waals surface area contributed by atoms with Gasteiger partial charge in [-0.1, -0.05) is 6.07 Å². The Balaban J connectivity index is 1.64. The van der Waals surface area contributed by atoms with Crippen molar-refractivity contribution in [3.63, 3.8) is 0 Å². The van der Waals surface area contributed by atoms with Gasteiger partial charge in [-0.25, -0.2) is 13.3 Å². The molecule has 0 atom stereocenters. The Morgan fingerprint density at radius 2 is 1.88 bits per heavy atom. The van der Waals surface area contributed by atoms with Crippen molar-refractivity contribution in [3.8, 4) is 11.1 Å². The summed E-state index contributed by atoms with van der Waals surface area (Å²) in [7, 11) is -2.55. The van der Waals surface area contributed by atoms with Gasteiger partial charge in [-0.3, -0.25) is 14.2 Å². The van der Waals surface area contributed by atoms with Crippen LogP contribution in [0.15, 0.2) is 78.5 Å². The lowest BCUT2D eigenvalue weighted by molar-refractivity contribution is 0.0959. The van der Waals surface area contributed by atoms with E-state index in [0.717, 1.165) is 0 Å². The van der Waals surface area contributed by atoms with Crippen LogP contribution in [-0.4, -0.2) is 39.7 Å². The maximum absolute atomic E-state index is 14.4. The first-order valence-electron chi connectivity index (χ1n) is 9.56. The number of pyridine rings is 2. The van der Waals surface area contributed by atoms with Crippen LogP contribution >= 0.6 is 0 Å². The average molecular weight is 449 g/mol. The molecule has 4 heterocycles. The van der Waals surface area contributed by atoms with Gasteiger partial charge in [0.25, 0.3) is 15.9 Å². The number of imidazole rings is 1. The fourth-order valence-electron chi connectivity index (χ4n) is 3.60. The first-order chi connectivity index (χ1) is 15.4. The van der Waals surface area contributed by atoms with Gasteiger partial charge < -0.3 is 5.32 Å². The molecule has 0 saturated carbocycles. The van der Waals surface area contributed by atoms with E-state index in [1.807, 2.05) is 0 Å². The summed E-state index contributed by atoms with van der Waals surface area (Å²) in [6, 6.07) is 10.9. The lowest BCUT2D eigenvalue weighted by Gasteiger charge is -2.09. The zero-order valence-electron chi connectivity index (χ0n) is 16.7. The number of amides is 1. The van der Waals surface area contributed by atoms with Crippen molar-refractivity contribution in [1.29, 1.82) is 0 Å². The molecule has 10 heteroatoms. The highest BCUT2D eigenvalue weighted by molar-refractivity contribution is 7.90. The van der Waals surface area contributed by atoms with Crippen LogP contribution in [0.5, 0.6) is 0 Å². The van der Waals surface area contributed by atoms with Gasteiger partial charge in [-0.15, -0.1) is 0 Å². The normalized spacial score (nSPS) is 11.8. The fourth-order valence-corrected chi connectivity index (χ4v) is 5.03. The van der Waals surface area contributed by atoms with Gasteiger partial charge in [0.15, 0.2) is 5.03 Å². The van der Waals surface area contributed by atoms with Gasteiger partial charge in [-0.2, -0.15) is 8.42 Å². The molecule has 0 fully saturated rings. The third-order valence-electron chi connectivity index (χ3n) is 5.22. The van der Waals surface area contributed by atoms with Crippen molar-refractivity contribution in [2.24, 2.45) is 0 Å².